The Morgan fingerprint density at radius 1 is 0.957 bits per heavy atom. The van der Waals surface area contributed by atoms with Crippen molar-refractivity contribution in [2.75, 3.05) is 12.8 Å². The number of pyridine rings is 1. The van der Waals surface area contributed by atoms with Gasteiger partial charge in [-0.3, -0.25) is 0 Å². The van der Waals surface area contributed by atoms with Crippen LogP contribution in [0.5, 0.6) is 11.6 Å². The van der Waals surface area contributed by atoms with Gasteiger partial charge in [0.1, 0.15) is 12.4 Å². The summed E-state index contributed by atoms with van der Waals surface area (Å²) in [4.78, 5) is 4.22. The maximum atomic E-state index is 6.00. The average Bonchev–Trinajstić information content (AvgIpc) is 2.60. The Bertz CT molecular complexity index is 771. The van der Waals surface area contributed by atoms with Crippen LogP contribution in [0.15, 0.2) is 66.9 Å². The van der Waals surface area contributed by atoms with Crippen LogP contribution in [0.25, 0.3) is 11.1 Å². The summed E-state index contributed by atoms with van der Waals surface area (Å²) in [7, 11) is 1.60. The minimum Gasteiger partial charge on any atom is -0.489 e. The van der Waals surface area contributed by atoms with Crippen molar-refractivity contribution < 1.29 is 9.47 Å². The molecule has 2 N–H and O–H groups in total. The summed E-state index contributed by atoms with van der Waals surface area (Å²) in [5.74, 6) is 1.32. The van der Waals surface area contributed by atoms with Crippen LogP contribution in [0.1, 0.15) is 5.56 Å². The van der Waals surface area contributed by atoms with Crippen LogP contribution in [0, 0.1) is 0 Å². The summed E-state index contributed by atoms with van der Waals surface area (Å²) in [6.07, 6.45) is 1.76. The van der Waals surface area contributed by atoms with Gasteiger partial charge >= 0.3 is 0 Å². The summed E-state index contributed by atoms with van der Waals surface area (Å²) in [6, 6.07) is 19.5. The van der Waals surface area contributed by atoms with Crippen molar-refractivity contribution in [2.24, 2.45) is 0 Å². The molecule has 3 aromatic rings. The standard InChI is InChI=1S/C19H18N2O2/c1-22-19-8-7-15(12-21-19)16-9-17(20)11-18(10-16)23-13-14-5-3-2-4-6-14/h2-12H,13,20H2,1H3. The molecule has 4 nitrogen and oxygen atoms in total. The zero-order valence-electron chi connectivity index (χ0n) is 12.9. The number of nitrogen functional groups attached to an aromatic ring is 1. The Morgan fingerprint density at radius 3 is 2.48 bits per heavy atom. The van der Waals surface area contributed by atoms with Crippen molar-refractivity contribution in [1.29, 1.82) is 0 Å². The first-order valence-electron chi connectivity index (χ1n) is 7.32. The van der Waals surface area contributed by atoms with Crippen LogP contribution in [-0.2, 0) is 6.61 Å². The van der Waals surface area contributed by atoms with E-state index in [0.29, 0.717) is 18.2 Å². The predicted molar refractivity (Wildman–Crippen MR) is 91.4 cm³/mol. The third kappa shape index (κ3) is 3.80. The Hall–Kier alpha value is -3.01. The number of methoxy groups -OCH3 is 1. The van der Waals surface area contributed by atoms with Crippen molar-refractivity contribution in [3.63, 3.8) is 0 Å². The van der Waals surface area contributed by atoms with Crippen LogP contribution in [0.4, 0.5) is 5.69 Å². The first-order valence-corrected chi connectivity index (χ1v) is 7.32. The van der Waals surface area contributed by atoms with Gasteiger partial charge in [0.15, 0.2) is 0 Å². The molecule has 0 aliphatic rings. The molecule has 4 heteroatoms. The van der Waals surface area contributed by atoms with Gasteiger partial charge in [0.25, 0.3) is 0 Å². The van der Waals surface area contributed by atoms with Gasteiger partial charge in [-0.05, 0) is 29.3 Å². The molecule has 0 amide bonds. The fourth-order valence-corrected chi connectivity index (χ4v) is 2.28. The Morgan fingerprint density at radius 2 is 1.78 bits per heavy atom. The van der Waals surface area contributed by atoms with Crippen molar-refractivity contribution in [3.8, 4) is 22.8 Å². The van der Waals surface area contributed by atoms with E-state index < -0.39 is 0 Å². The third-order valence-electron chi connectivity index (χ3n) is 3.46. The topological polar surface area (TPSA) is 57.4 Å². The molecule has 0 unspecified atom stereocenters. The van der Waals surface area contributed by atoms with E-state index in [1.54, 1.807) is 13.3 Å². The second-order valence-electron chi connectivity index (χ2n) is 5.15. The van der Waals surface area contributed by atoms with Gasteiger partial charge in [0.2, 0.25) is 5.88 Å². The quantitative estimate of drug-likeness (QED) is 0.726. The maximum Gasteiger partial charge on any atom is 0.212 e. The Labute approximate surface area is 135 Å². The zero-order chi connectivity index (χ0) is 16.1. The highest BCUT2D eigenvalue weighted by atomic mass is 16.5. The molecule has 1 heterocycles. The fraction of sp³-hybridized carbons (Fsp3) is 0.105. The molecular formula is C19H18N2O2. The van der Waals surface area contributed by atoms with Crippen LogP contribution >= 0.6 is 0 Å². The third-order valence-corrected chi connectivity index (χ3v) is 3.46. The molecule has 0 fully saturated rings. The number of nitrogens with two attached hydrogens (primary N) is 1. The summed E-state index contributed by atoms with van der Waals surface area (Å²) in [5, 5.41) is 0. The molecule has 1 aromatic heterocycles. The van der Waals surface area contributed by atoms with Crippen molar-refractivity contribution in [2.45, 2.75) is 6.61 Å². The summed E-state index contributed by atoms with van der Waals surface area (Å²) < 4.78 is 10.9. The van der Waals surface area contributed by atoms with E-state index in [4.69, 9.17) is 15.2 Å². The van der Waals surface area contributed by atoms with Gasteiger partial charge in [-0.25, -0.2) is 4.98 Å². The van der Waals surface area contributed by atoms with E-state index in [-0.39, 0.29) is 0 Å². The van der Waals surface area contributed by atoms with E-state index in [9.17, 15) is 0 Å². The van der Waals surface area contributed by atoms with Gasteiger partial charge < -0.3 is 15.2 Å². The Kier molecular flexibility index (Phi) is 4.43. The van der Waals surface area contributed by atoms with Crippen molar-refractivity contribution in [1.82, 2.24) is 4.98 Å². The van der Waals surface area contributed by atoms with Gasteiger partial charge in [-0.1, -0.05) is 30.3 Å². The molecule has 0 saturated carbocycles. The summed E-state index contributed by atoms with van der Waals surface area (Å²) in [5.41, 5.74) is 9.69. The van der Waals surface area contributed by atoms with Crippen molar-refractivity contribution >= 4 is 5.69 Å². The van der Waals surface area contributed by atoms with Crippen LogP contribution < -0.4 is 15.2 Å². The minimum absolute atomic E-state index is 0.505. The smallest absolute Gasteiger partial charge is 0.212 e. The van der Waals surface area contributed by atoms with Gasteiger partial charge in [-0.2, -0.15) is 0 Å². The van der Waals surface area contributed by atoms with Gasteiger partial charge in [0.05, 0.1) is 7.11 Å². The zero-order valence-corrected chi connectivity index (χ0v) is 12.9. The van der Waals surface area contributed by atoms with Crippen LogP contribution in [-0.4, -0.2) is 12.1 Å². The van der Waals surface area contributed by atoms with Crippen LogP contribution in [0.2, 0.25) is 0 Å². The van der Waals surface area contributed by atoms with E-state index in [1.165, 1.54) is 0 Å². The molecule has 2 aromatic carbocycles. The lowest BCUT2D eigenvalue weighted by Crippen LogP contribution is -1.97. The first-order chi connectivity index (χ1) is 11.2. The molecule has 0 spiro atoms. The van der Waals surface area contributed by atoms with Gasteiger partial charge in [-0.15, -0.1) is 0 Å². The van der Waals surface area contributed by atoms with E-state index in [2.05, 4.69) is 4.98 Å². The number of nitrogens with zero attached hydrogens (tertiary/aromatic N) is 1. The molecular weight excluding hydrogens is 288 g/mol. The lowest BCUT2D eigenvalue weighted by molar-refractivity contribution is 0.306. The summed E-state index contributed by atoms with van der Waals surface area (Å²) in [6.45, 7) is 0.505. The average molecular weight is 306 g/mol. The first kappa shape index (κ1) is 14.9. The number of aromatic nitrogens is 1. The predicted octanol–water partition coefficient (Wildman–Crippen LogP) is 3.92. The highest BCUT2D eigenvalue weighted by Gasteiger charge is 2.04. The highest BCUT2D eigenvalue weighted by molar-refractivity contribution is 5.69. The van der Waals surface area contributed by atoms with E-state index in [0.717, 1.165) is 22.4 Å². The lowest BCUT2D eigenvalue weighted by atomic mass is 10.1. The molecule has 0 aliphatic carbocycles. The monoisotopic (exact) mass is 306 g/mol. The van der Waals surface area contributed by atoms with Crippen LogP contribution in [0.3, 0.4) is 0 Å². The molecule has 23 heavy (non-hydrogen) atoms. The van der Waals surface area contributed by atoms with Crippen molar-refractivity contribution in [3.05, 3.63) is 72.4 Å². The number of rotatable bonds is 5. The highest BCUT2D eigenvalue weighted by Crippen LogP contribution is 2.28. The number of hydrogen-bond acceptors (Lipinski definition) is 4. The minimum atomic E-state index is 0.505. The molecule has 0 bridgehead atoms. The number of benzene rings is 2. The molecule has 116 valence electrons. The molecule has 0 saturated heterocycles. The lowest BCUT2D eigenvalue weighted by Gasteiger charge is -2.10. The normalized spacial score (nSPS) is 10.3. The number of anilines is 1. The second kappa shape index (κ2) is 6.83. The van der Waals surface area contributed by atoms with Gasteiger partial charge in [0, 0.05) is 29.6 Å². The molecule has 3 rings (SSSR count). The Balaban J connectivity index is 1.80. The van der Waals surface area contributed by atoms with E-state index in [1.807, 2.05) is 60.7 Å². The summed E-state index contributed by atoms with van der Waals surface area (Å²) >= 11 is 0. The second-order valence-corrected chi connectivity index (χ2v) is 5.15. The van der Waals surface area contributed by atoms with E-state index >= 15 is 0 Å². The molecule has 0 radical (unpaired) electrons. The molecule has 0 atom stereocenters. The number of ether oxygens (including phenoxy) is 2. The SMILES string of the molecule is COc1ccc(-c2cc(N)cc(OCc3ccccc3)c2)cn1. The number of hydrogen-bond donors (Lipinski definition) is 1. The largest absolute Gasteiger partial charge is 0.489 e. The fourth-order valence-electron chi connectivity index (χ4n) is 2.28. The molecule has 0 aliphatic heterocycles. The maximum absolute atomic E-state index is 6.00.